The number of benzene rings is 1. The third-order valence-corrected chi connectivity index (χ3v) is 5.42. The Morgan fingerprint density at radius 3 is 2.30 bits per heavy atom. The number of ether oxygens (including phenoxy) is 2. The summed E-state index contributed by atoms with van der Waals surface area (Å²) < 4.78 is 14.1. The fourth-order valence-corrected chi connectivity index (χ4v) is 4.20. The Labute approximate surface area is 139 Å². The zero-order valence-corrected chi connectivity index (χ0v) is 14.9. The molecule has 23 heavy (non-hydrogen) atoms. The maximum absolute atomic E-state index is 5.86. The van der Waals surface area contributed by atoms with Crippen LogP contribution in [0.15, 0.2) is 24.3 Å². The molecule has 0 radical (unpaired) electrons. The van der Waals surface area contributed by atoms with Crippen LogP contribution in [0.25, 0.3) is 10.9 Å². The molecule has 1 aliphatic heterocycles. The SMILES string of the molecule is CC.Cc1c(C2CCC3(CC2)OCCO3)c2ccccc2n1C. The summed E-state index contributed by atoms with van der Waals surface area (Å²) >= 11 is 0. The van der Waals surface area contributed by atoms with Crippen molar-refractivity contribution in [2.45, 2.75) is 58.2 Å². The highest BCUT2D eigenvalue weighted by Crippen LogP contribution is 2.45. The van der Waals surface area contributed by atoms with E-state index in [0.29, 0.717) is 5.92 Å². The van der Waals surface area contributed by atoms with E-state index in [1.54, 1.807) is 5.56 Å². The first-order chi connectivity index (χ1) is 11.2. The van der Waals surface area contributed by atoms with E-state index in [2.05, 4.69) is 42.8 Å². The van der Waals surface area contributed by atoms with Gasteiger partial charge >= 0.3 is 0 Å². The molecule has 1 saturated heterocycles. The molecule has 1 aliphatic carbocycles. The van der Waals surface area contributed by atoms with Gasteiger partial charge in [-0.3, -0.25) is 0 Å². The third kappa shape index (κ3) is 2.81. The lowest BCUT2D eigenvalue weighted by molar-refractivity contribution is -0.178. The first-order valence-corrected chi connectivity index (χ1v) is 9.02. The number of aromatic nitrogens is 1. The minimum absolute atomic E-state index is 0.255. The van der Waals surface area contributed by atoms with Gasteiger partial charge in [-0.25, -0.2) is 0 Å². The van der Waals surface area contributed by atoms with Crippen molar-refractivity contribution in [1.82, 2.24) is 4.57 Å². The summed E-state index contributed by atoms with van der Waals surface area (Å²) in [6.07, 6.45) is 4.38. The molecule has 0 amide bonds. The van der Waals surface area contributed by atoms with Crippen LogP contribution in [0.4, 0.5) is 0 Å². The fraction of sp³-hybridized carbons (Fsp3) is 0.600. The van der Waals surface area contributed by atoms with E-state index in [-0.39, 0.29) is 5.79 Å². The fourth-order valence-electron chi connectivity index (χ4n) is 4.20. The number of hydrogen-bond donors (Lipinski definition) is 0. The van der Waals surface area contributed by atoms with Crippen molar-refractivity contribution in [2.75, 3.05) is 13.2 Å². The monoisotopic (exact) mass is 315 g/mol. The molecule has 0 unspecified atom stereocenters. The molecule has 2 aromatic rings. The van der Waals surface area contributed by atoms with Crippen LogP contribution in [0.2, 0.25) is 0 Å². The van der Waals surface area contributed by atoms with Crippen LogP contribution in [-0.4, -0.2) is 23.6 Å². The lowest BCUT2D eigenvalue weighted by Crippen LogP contribution is -2.34. The van der Waals surface area contributed by atoms with E-state index in [9.17, 15) is 0 Å². The first kappa shape index (κ1) is 16.5. The number of nitrogens with zero attached hydrogens (tertiary/aromatic N) is 1. The molecule has 1 aromatic carbocycles. The largest absolute Gasteiger partial charge is 0.348 e. The first-order valence-electron chi connectivity index (χ1n) is 9.02. The molecule has 2 heterocycles. The predicted octanol–water partition coefficient (Wildman–Crippen LogP) is 4.91. The molecule has 0 bridgehead atoms. The lowest BCUT2D eigenvalue weighted by Gasteiger charge is -2.35. The van der Waals surface area contributed by atoms with Crippen molar-refractivity contribution >= 4 is 10.9 Å². The summed E-state index contributed by atoms with van der Waals surface area (Å²) in [4.78, 5) is 0. The van der Waals surface area contributed by atoms with Gasteiger partial charge in [-0.1, -0.05) is 32.0 Å². The Hall–Kier alpha value is -1.32. The van der Waals surface area contributed by atoms with E-state index in [4.69, 9.17) is 9.47 Å². The van der Waals surface area contributed by atoms with Crippen LogP contribution in [0.3, 0.4) is 0 Å². The van der Waals surface area contributed by atoms with Crippen LogP contribution in [0, 0.1) is 6.92 Å². The highest BCUT2D eigenvalue weighted by Gasteiger charge is 2.41. The molecule has 0 atom stereocenters. The molecular formula is C20H29NO2. The van der Waals surface area contributed by atoms with Crippen molar-refractivity contribution in [3.63, 3.8) is 0 Å². The molecule has 1 saturated carbocycles. The molecule has 2 fully saturated rings. The summed E-state index contributed by atoms with van der Waals surface area (Å²) in [5.41, 5.74) is 4.30. The smallest absolute Gasteiger partial charge is 0.168 e. The zero-order chi connectivity index (χ0) is 16.4. The van der Waals surface area contributed by atoms with Crippen LogP contribution >= 0.6 is 0 Å². The van der Waals surface area contributed by atoms with Gasteiger partial charge < -0.3 is 14.0 Å². The highest BCUT2D eigenvalue weighted by atomic mass is 16.7. The standard InChI is InChI=1S/C18H23NO2.C2H6/c1-13-17(15-5-3-4-6-16(15)19(13)2)14-7-9-18(10-8-14)20-11-12-21-18;1-2/h3-6,14H,7-12H2,1-2H3;1-2H3. The number of aryl methyl sites for hydroxylation is 1. The summed E-state index contributed by atoms with van der Waals surface area (Å²) in [5.74, 6) is 0.379. The maximum atomic E-state index is 5.86. The Morgan fingerprint density at radius 1 is 1.04 bits per heavy atom. The summed E-state index contributed by atoms with van der Waals surface area (Å²) in [7, 11) is 2.18. The van der Waals surface area contributed by atoms with Crippen molar-refractivity contribution in [2.24, 2.45) is 7.05 Å². The molecule has 3 heteroatoms. The average molecular weight is 315 g/mol. The molecule has 4 rings (SSSR count). The van der Waals surface area contributed by atoms with E-state index in [1.807, 2.05) is 13.8 Å². The number of rotatable bonds is 1. The molecule has 3 nitrogen and oxygen atoms in total. The molecular weight excluding hydrogens is 286 g/mol. The molecule has 126 valence electrons. The lowest BCUT2D eigenvalue weighted by atomic mass is 9.80. The quantitative estimate of drug-likeness (QED) is 0.746. The molecule has 0 N–H and O–H groups in total. The summed E-state index contributed by atoms with van der Waals surface area (Å²) in [5, 5.41) is 1.42. The molecule has 2 aliphatic rings. The average Bonchev–Trinajstić information content (AvgIpc) is 3.16. The third-order valence-electron chi connectivity index (χ3n) is 5.42. The normalized spacial score (nSPS) is 20.7. The second-order valence-electron chi connectivity index (χ2n) is 6.46. The van der Waals surface area contributed by atoms with Crippen LogP contribution < -0.4 is 0 Å². The van der Waals surface area contributed by atoms with Gasteiger partial charge in [-0.2, -0.15) is 0 Å². The topological polar surface area (TPSA) is 23.4 Å². The second-order valence-corrected chi connectivity index (χ2v) is 6.46. The summed E-state index contributed by atoms with van der Waals surface area (Å²) in [6.45, 7) is 7.78. The highest BCUT2D eigenvalue weighted by molar-refractivity contribution is 5.86. The number of fused-ring (bicyclic) bond motifs is 1. The van der Waals surface area contributed by atoms with Crippen LogP contribution in [-0.2, 0) is 16.5 Å². The minimum Gasteiger partial charge on any atom is -0.348 e. The van der Waals surface area contributed by atoms with Gasteiger partial charge in [0, 0.05) is 36.5 Å². The Balaban J connectivity index is 0.000000753. The summed E-state index contributed by atoms with van der Waals surface area (Å²) in [6, 6.07) is 8.77. The van der Waals surface area contributed by atoms with Gasteiger partial charge in [0.15, 0.2) is 5.79 Å². The van der Waals surface area contributed by atoms with E-state index >= 15 is 0 Å². The van der Waals surface area contributed by atoms with Gasteiger partial charge in [0.1, 0.15) is 0 Å². The van der Waals surface area contributed by atoms with E-state index in [0.717, 1.165) is 38.9 Å². The number of hydrogen-bond acceptors (Lipinski definition) is 2. The van der Waals surface area contributed by atoms with Gasteiger partial charge in [0.25, 0.3) is 0 Å². The number of para-hydroxylation sites is 1. The second kappa shape index (κ2) is 6.66. The van der Waals surface area contributed by atoms with Gasteiger partial charge in [0.05, 0.1) is 13.2 Å². The van der Waals surface area contributed by atoms with Crippen LogP contribution in [0.1, 0.15) is 56.7 Å². The molecule has 1 aromatic heterocycles. The molecule has 1 spiro atoms. The minimum atomic E-state index is -0.255. The van der Waals surface area contributed by atoms with Crippen molar-refractivity contribution < 1.29 is 9.47 Å². The predicted molar refractivity (Wildman–Crippen MR) is 94.8 cm³/mol. The van der Waals surface area contributed by atoms with Gasteiger partial charge in [-0.05, 0) is 37.3 Å². The Bertz CT molecular complexity index is 658. The Morgan fingerprint density at radius 2 is 1.65 bits per heavy atom. The maximum Gasteiger partial charge on any atom is 0.168 e. The van der Waals surface area contributed by atoms with Crippen LogP contribution in [0.5, 0.6) is 0 Å². The zero-order valence-electron chi connectivity index (χ0n) is 14.9. The van der Waals surface area contributed by atoms with Crippen molar-refractivity contribution in [3.8, 4) is 0 Å². The van der Waals surface area contributed by atoms with Gasteiger partial charge in [-0.15, -0.1) is 0 Å². The van der Waals surface area contributed by atoms with E-state index in [1.165, 1.54) is 16.6 Å². The van der Waals surface area contributed by atoms with Gasteiger partial charge in [0.2, 0.25) is 0 Å². The van der Waals surface area contributed by atoms with E-state index < -0.39 is 0 Å². The Kier molecular flexibility index (Phi) is 4.79. The van der Waals surface area contributed by atoms with Crippen molar-refractivity contribution in [1.29, 1.82) is 0 Å². The van der Waals surface area contributed by atoms with Crippen molar-refractivity contribution in [3.05, 3.63) is 35.5 Å².